The molecule has 1 heterocycles. The maximum atomic E-state index is 8.51. The highest BCUT2D eigenvalue weighted by molar-refractivity contribution is 5.19. The van der Waals surface area contributed by atoms with Crippen LogP contribution in [0.4, 0.5) is 0 Å². The van der Waals surface area contributed by atoms with Gasteiger partial charge in [0.1, 0.15) is 5.75 Å². The first-order chi connectivity index (χ1) is 6.36. The van der Waals surface area contributed by atoms with Gasteiger partial charge in [-0.2, -0.15) is 0 Å². The lowest BCUT2D eigenvalue weighted by Crippen LogP contribution is -2.02. The minimum absolute atomic E-state index is 0.147. The monoisotopic (exact) mass is 182 g/mol. The summed E-state index contributed by atoms with van der Waals surface area (Å²) in [5.74, 6) is 0.714. The van der Waals surface area contributed by atoms with Gasteiger partial charge in [-0.1, -0.05) is 0 Å². The van der Waals surface area contributed by atoms with Gasteiger partial charge < -0.3 is 15.6 Å². The highest BCUT2D eigenvalue weighted by Crippen LogP contribution is 2.08. The first-order valence-corrected chi connectivity index (χ1v) is 4.25. The first kappa shape index (κ1) is 9.95. The van der Waals surface area contributed by atoms with Crippen LogP contribution >= 0.6 is 0 Å². The van der Waals surface area contributed by atoms with Crippen LogP contribution in [0.3, 0.4) is 0 Å². The third kappa shape index (κ3) is 3.40. The topological polar surface area (TPSA) is 68.4 Å². The van der Waals surface area contributed by atoms with Crippen LogP contribution < -0.4 is 10.5 Å². The molecule has 4 nitrogen and oxygen atoms in total. The largest absolute Gasteiger partial charge is 0.492 e. The number of aliphatic hydroxyl groups is 1. The molecule has 0 bridgehead atoms. The highest BCUT2D eigenvalue weighted by atomic mass is 16.5. The minimum atomic E-state index is 0.147. The molecule has 0 fully saturated rings. The van der Waals surface area contributed by atoms with Gasteiger partial charge in [0.2, 0.25) is 0 Å². The number of hydrogen-bond acceptors (Lipinski definition) is 4. The predicted molar refractivity (Wildman–Crippen MR) is 49.3 cm³/mol. The van der Waals surface area contributed by atoms with Crippen molar-refractivity contribution < 1.29 is 9.84 Å². The smallest absolute Gasteiger partial charge is 0.137 e. The van der Waals surface area contributed by atoms with Gasteiger partial charge >= 0.3 is 0 Å². The maximum absolute atomic E-state index is 8.51. The van der Waals surface area contributed by atoms with Crippen molar-refractivity contribution in [3.05, 3.63) is 24.0 Å². The average molecular weight is 182 g/mol. The molecule has 0 saturated heterocycles. The van der Waals surface area contributed by atoms with Crippen molar-refractivity contribution in [2.75, 3.05) is 13.2 Å². The lowest BCUT2D eigenvalue weighted by atomic mass is 10.3. The van der Waals surface area contributed by atoms with E-state index in [4.69, 9.17) is 15.6 Å². The Hall–Kier alpha value is -1.13. The van der Waals surface area contributed by atoms with Crippen LogP contribution in [0.15, 0.2) is 18.3 Å². The van der Waals surface area contributed by atoms with Crippen LogP contribution in [0.1, 0.15) is 12.1 Å². The van der Waals surface area contributed by atoms with Gasteiger partial charge in [-0.15, -0.1) is 0 Å². The summed E-state index contributed by atoms with van der Waals surface area (Å²) in [5.41, 5.74) is 6.23. The molecule has 0 saturated carbocycles. The standard InChI is InChI=1S/C9H14N2O2/c10-6-8-2-3-9(7-11-8)13-5-1-4-12/h2-3,7,12H,1,4-6,10H2. The second kappa shape index (κ2) is 5.50. The summed E-state index contributed by atoms with van der Waals surface area (Å²) in [6.07, 6.45) is 2.28. The molecule has 0 radical (unpaired) electrons. The van der Waals surface area contributed by atoms with E-state index in [1.807, 2.05) is 12.1 Å². The second-order valence-corrected chi connectivity index (χ2v) is 2.61. The number of pyridine rings is 1. The fourth-order valence-corrected chi connectivity index (χ4v) is 0.872. The van der Waals surface area contributed by atoms with E-state index >= 15 is 0 Å². The molecule has 0 atom stereocenters. The summed E-state index contributed by atoms with van der Waals surface area (Å²) in [6.45, 7) is 1.10. The lowest BCUT2D eigenvalue weighted by molar-refractivity contribution is 0.233. The number of aliphatic hydroxyl groups excluding tert-OH is 1. The van der Waals surface area contributed by atoms with Gasteiger partial charge in [0.25, 0.3) is 0 Å². The van der Waals surface area contributed by atoms with E-state index < -0.39 is 0 Å². The van der Waals surface area contributed by atoms with Crippen LogP contribution in [-0.4, -0.2) is 23.3 Å². The molecular formula is C9H14N2O2. The molecular weight excluding hydrogens is 168 g/mol. The zero-order chi connectivity index (χ0) is 9.52. The Morgan fingerprint density at radius 1 is 1.46 bits per heavy atom. The summed E-state index contributed by atoms with van der Waals surface area (Å²) in [4.78, 5) is 4.06. The maximum Gasteiger partial charge on any atom is 0.137 e. The molecule has 4 heteroatoms. The minimum Gasteiger partial charge on any atom is -0.492 e. The Kier molecular flexibility index (Phi) is 4.21. The molecule has 0 spiro atoms. The molecule has 72 valence electrons. The van der Waals surface area contributed by atoms with Crippen LogP contribution in [-0.2, 0) is 6.54 Å². The first-order valence-electron chi connectivity index (χ1n) is 4.25. The van der Waals surface area contributed by atoms with Gasteiger partial charge in [0, 0.05) is 19.6 Å². The summed E-state index contributed by atoms with van der Waals surface area (Å²) in [6, 6.07) is 3.65. The molecule has 1 rings (SSSR count). The molecule has 0 amide bonds. The summed E-state index contributed by atoms with van der Waals surface area (Å²) in [7, 11) is 0. The third-order valence-electron chi connectivity index (χ3n) is 1.58. The third-order valence-corrected chi connectivity index (χ3v) is 1.58. The van der Waals surface area contributed by atoms with Gasteiger partial charge in [-0.25, -0.2) is 0 Å². The van der Waals surface area contributed by atoms with E-state index in [-0.39, 0.29) is 6.61 Å². The van der Waals surface area contributed by atoms with Gasteiger partial charge in [0.15, 0.2) is 0 Å². The number of nitrogens with two attached hydrogens (primary N) is 1. The SMILES string of the molecule is NCc1ccc(OCCCO)cn1. The Bertz CT molecular complexity index is 236. The van der Waals surface area contributed by atoms with E-state index in [0.29, 0.717) is 25.3 Å². The number of ether oxygens (including phenoxy) is 1. The van der Waals surface area contributed by atoms with E-state index in [0.717, 1.165) is 5.69 Å². The Balaban J connectivity index is 2.40. The van der Waals surface area contributed by atoms with Gasteiger partial charge in [-0.05, 0) is 12.1 Å². The lowest BCUT2D eigenvalue weighted by Gasteiger charge is -2.04. The van der Waals surface area contributed by atoms with Crippen molar-refractivity contribution in [3.63, 3.8) is 0 Å². The van der Waals surface area contributed by atoms with E-state index in [2.05, 4.69) is 4.98 Å². The number of aromatic nitrogens is 1. The van der Waals surface area contributed by atoms with Crippen LogP contribution in [0.25, 0.3) is 0 Å². The van der Waals surface area contributed by atoms with Crippen LogP contribution in [0.5, 0.6) is 5.75 Å². The van der Waals surface area contributed by atoms with Crippen molar-refractivity contribution in [1.82, 2.24) is 4.98 Å². The molecule has 1 aromatic heterocycles. The van der Waals surface area contributed by atoms with E-state index in [1.54, 1.807) is 6.20 Å². The van der Waals surface area contributed by atoms with Gasteiger partial charge in [-0.3, -0.25) is 4.98 Å². The molecule has 0 aliphatic rings. The summed E-state index contributed by atoms with van der Waals surface area (Å²) >= 11 is 0. The zero-order valence-corrected chi connectivity index (χ0v) is 7.44. The fourth-order valence-electron chi connectivity index (χ4n) is 0.872. The van der Waals surface area contributed by atoms with Crippen molar-refractivity contribution >= 4 is 0 Å². The predicted octanol–water partition coefficient (Wildman–Crippen LogP) is 0.301. The van der Waals surface area contributed by atoms with Crippen molar-refractivity contribution in [2.45, 2.75) is 13.0 Å². The average Bonchev–Trinajstić information content (AvgIpc) is 2.19. The van der Waals surface area contributed by atoms with E-state index in [1.165, 1.54) is 0 Å². The van der Waals surface area contributed by atoms with Crippen LogP contribution in [0.2, 0.25) is 0 Å². The Labute approximate surface area is 77.4 Å². The zero-order valence-electron chi connectivity index (χ0n) is 7.44. The second-order valence-electron chi connectivity index (χ2n) is 2.61. The number of hydrogen-bond donors (Lipinski definition) is 2. The van der Waals surface area contributed by atoms with Crippen molar-refractivity contribution in [1.29, 1.82) is 0 Å². The number of rotatable bonds is 5. The molecule has 13 heavy (non-hydrogen) atoms. The van der Waals surface area contributed by atoms with Crippen molar-refractivity contribution in [3.8, 4) is 5.75 Å². The Morgan fingerprint density at radius 3 is 2.85 bits per heavy atom. The Morgan fingerprint density at radius 2 is 2.31 bits per heavy atom. The molecule has 0 aliphatic heterocycles. The van der Waals surface area contributed by atoms with Gasteiger partial charge in [0.05, 0.1) is 18.5 Å². The normalized spacial score (nSPS) is 10.0. The summed E-state index contributed by atoms with van der Waals surface area (Å²) in [5, 5.41) is 8.51. The molecule has 0 aromatic carbocycles. The van der Waals surface area contributed by atoms with Crippen molar-refractivity contribution in [2.24, 2.45) is 5.73 Å². The molecule has 3 N–H and O–H groups in total. The summed E-state index contributed by atoms with van der Waals surface area (Å²) < 4.78 is 5.28. The quantitative estimate of drug-likeness (QED) is 0.643. The highest BCUT2D eigenvalue weighted by Gasteiger charge is 1.94. The molecule has 1 aromatic rings. The number of nitrogens with zero attached hydrogens (tertiary/aromatic N) is 1. The van der Waals surface area contributed by atoms with Crippen LogP contribution in [0, 0.1) is 0 Å². The molecule has 0 aliphatic carbocycles. The fraction of sp³-hybridized carbons (Fsp3) is 0.444. The van der Waals surface area contributed by atoms with E-state index in [9.17, 15) is 0 Å². The molecule has 0 unspecified atom stereocenters.